The molecule has 0 radical (unpaired) electrons. The number of aliphatic imine (C=N–C) groups is 1. The van der Waals surface area contributed by atoms with E-state index in [0.717, 1.165) is 34.0 Å². The molecule has 2 aliphatic rings. The van der Waals surface area contributed by atoms with E-state index in [1.54, 1.807) is 43.6 Å². The van der Waals surface area contributed by atoms with E-state index in [-0.39, 0.29) is 41.3 Å². The number of rotatable bonds is 10. The molecule has 0 N–H and O–H groups in total. The van der Waals surface area contributed by atoms with Gasteiger partial charge in [-0.3, -0.25) is 0 Å². The molecule has 1 fully saturated rings. The Morgan fingerprint density at radius 2 is 1.51 bits per heavy atom. The maximum Gasteiger partial charge on any atom is 0.410 e. The number of ether oxygens (including phenoxy) is 3. The quantitative estimate of drug-likeness (QED) is 0.135. The van der Waals surface area contributed by atoms with E-state index < -0.39 is 11.4 Å². The van der Waals surface area contributed by atoms with E-state index in [4.69, 9.17) is 45.8 Å². The smallest absolute Gasteiger partial charge is 0.410 e. The number of hydrogen-bond donors (Lipinski definition) is 0. The molecular formula is C47H54ClFN8O4. The maximum atomic E-state index is 15.6. The van der Waals surface area contributed by atoms with Gasteiger partial charge in [0.2, 0.25) is 0 Å². The summed E-state index contributed by atoms with van der Waals surface area (Å²) in [5, 5.41) is 0.278. The largest absolute Gasteiger partial charge is 0.497 e. The summed E-state index contributed by atoms with van der Waals surface area (Å²) in [5.41, 5.74) is 4.24. The molecule has 2 aliphatic heterocycles. The van der Waals surface area contributed by atoms with Crippen LogP contribution in [0.1, 0.15) is 76.8 Å². The van der Waals surface area contributed by atoms with Crippen molar-refractivity contribution < 1.29 is 23.4 Å². The number of pyridine rings is 1. The fraction of sp³-hybridized carbons (Fsp3) is 0.383. The van der Waals surface area contributed by atoms with Gasteiger partial charge in [-0.15, -0.1) is 0 Å². The van der Waals surface area contributed by atoms with Crippen LogP contribution in [0.15, 0.2) is 90.2 Å². The number of carbonyl (C=O) groups is 1. The molecule has 61 heavy (non-hydrogen) atoms. The number of aromatic nitrogens is 3. The zero-order valence-electron chi connectivity index (χ0n) is 36.3. The van der Waals surface area contributed by atoms with Crippen molar-refractivity contribution in [1.29, 1.82) is 0 Å². The summed E-state index contributed by atoms with van der Waals surface area (Å²) in [7, 11) is 3.31. The molecule has 12 nitrogen and oxygen atoms in total. The lowest BCUT2D eigenvalue weighted by molar-refractivity contribution is 0.000459. The number of fused-ring (bicyclic) bond motifs is 1. The molecule has 3 aromatic carbocycles. The molecule has 1 saturated heterocycles. The van der Waals surface area contributed by atoms with Crippen LogP contribution in [0.2, 0.25) is 5.02 Å². The van der Waals surface area contributed by atoms with Crippen molar-refractivity contribution in [2.45, 2.75) is 85.2 Å². The van der Waals surface area contributed by atoms with E-state index in [2.05, 4.69) is 30.6 Å². The minimum absolute atomic E-state index is 0.0328. The standard InChI is InChI=1S/C47H54ClFN8O4/c1-29(2)40-42(45(51-27-50-40)54(25-32-14-18-34(59-8)19-15-32)26-33-16-20-35(60-9)21-17-33)57-28-52-43(55-23-31(4)56(24-30(55)3)46(58)61-47(5,6)7)37-22-38(48)41(53-44(37)57)36-12-10-11-13-39(36)49/h10-22,27,29-31H,23-26,28H2,1-9H3/t30-,31+/m0/s1. The normalized spacial score (nSPS) is 16.6. The number of hydrogen-bond acceptors (Lipinski definition) is 11. The van der Waals surface area contributed by atoms with Crippen molar-refractivity contribution >= 4 is 40.9 Å². The summed E-state index contributed by atoms with van der Waals surface area (Å²) in [6, 6.07) is 24.0. The highest BCUT2D eigenvalue weighted by molar-refractivity contribution is 6.33. The van der Waals surface area contributed by atoms with Crippen LogP contribution in [0.5, 0.6) is 11.5 Å². The Morgan fingerprint density at radius 3 is 2.08 bits per heavy atom. The number of anilines is 3. The molecule has 0 spiro atoms. The second kappa shape index (κ2) is 18.0. The SMILES string of the molecule is COc1ccc(CN(Cc2ccc(OC)cc2)c2ncnc(C(C)C)c2N2CN=C(N3C[C@@H](C)N(C(=O)OC(C)(C)C)C[C@@H]3C)c3cc(Cl)c(-c4ccccc4F)nc32)cc1. The second-order valence-corrected chi connectivity index (χ2v) is 17.2. The Balaban J connectivity index is 1.38. The fourth-order valence-corrected chi connectivity index (χ4v) is 8.06. The molecule has 4 heterocycles. The van der Waals surface area contributed by atoms with E-state index >= 15 is 4.39 Å². The molecule has 1 amide bonds. The molecule has 2 atom stereocenters. The Labute approximate surface area is 363 Å². The van der Waals surface area contributed by atoms with Gasteiger partial charge >= 0.3 is 6.09 Å². The first-order chi connectivity index (χ1) is 29.1. The summed E-state index contributed by atoms with van der Waals surface area (Å²) < 4.78 is 32.3. The lowest BCUT2D eigenvalue weighted by Crippen LogP contribution is -2.60. The van der Waals surface area contributed by atoms with Crippen LogP contribution < -0.4 is 19.3 Å². The Bertz CT molecular complexity index is 2340. The number of amides is 1. The number of piperazine rings is 1. The third-order valence-electron chi connectivity index (χ3n) is 10.8. The van der Waals surface area contributed by atoms with Gasteiger partial charge in [-0.05, 0) is 94.1 Å². The van der Waals surface area contributed by atoms with Gasteiger partial charge in [0, 0.05) is 43.8 Å². The minimum atomic E-state index is -0.626. The van der Waals surface area contributed by atoms with Crippen LogP contribution in [0, 0.1) is 5.82 Å². The van der Waals surface area contributed by atoms with Gasteiger partial charge in [-0.1, -0.05) is 61.8 Å². The average molecular weight is 849 g/mol. The summed E-state index contributed by atoms with van der Waals surface area (Å²) in [5.74, 6) is 2.95. The highest BCUT2D eigenvalue weighted by Crippen LogP contribution is 2.44. The molecule has 2 aromatic heterocycles. The highest BCUT2D eigenvalue weighted by Gasteiger charge is 2.39. The second-order valence-electron chi connectivity index (χ2n) is 16.8. The van der Waals surface area contributed by atoms with Crippen molar-refractivity contribution in [3.8, 4) is 22.8 Å². The summed E-state index contributed by atoms with van der Waals surface area (Å²) in [6.45, 7) is 15.9. The minimum Gasteiger partial charge on any atom is -0.497 e. The maximum absolute atomic E-state index is 15.6. The number of benzene rings is 3. The molecule has 0 unspecified atom stereocenters. The van der Waals surface area contributed by atoms with Gasteiger partial charge < -0.3 is 33.8 Å². The third-order valence-corrected chi connectivity index (χ3v) is 11.1. The summed E-state index contributed by atoms with van der Waals surface area (Å²) in [6.07, 6.45) is 1.25. The zero-order valence-corrected chi connectivity index (χ0v) is 37.1. The first-order valence-electron chi connectivity index (χ1n) is 20.6. The van der Waals surface area contributed by atoms with Crippen molar-refractivity contribution in [2.75, 3.05) is 43.8 Å². The summed E-state index contributed by atoms with van der Waals surface area (Å²) in [4.78, 5) is 42.0. The molecule has 14 heteroatoms. The number of carbonyl (C=O) groups excluding carboxylic acids is 1. The molecule has 7 rings (SSSR count). The van der Waals surface area contributed by atoms with Crippen LogP contribution >= 0.6 is 11.6 Å². The topological polar surface area (TPSA) is 109 Å². The van der Waals surface area contributed by atoms with Gasteiger partial charge in [0.25, 0.3) is 0 Å². The predicted molar refractivity (Wildman–Crippen MR) is 239 cm³/mol. The van der Waals surface area contributed by atoms with Crippen LogP contribution in [0.4, 0.5) is 26.5 Å². The van der Waals surface area contributed by atoms with Crippen LogP contribution in [-0.4, -0.2) is 88.3 Å². The van der Waals surface area contributed by atoms with Gasteiger partial charge in [-0.2, -0.15) is 0 Å². The Kier molecular flexibility index (Phi) is 12.7. The zero-order chi connectivity index (χ0) is 43.6. The lowest BCUT2D eigenvalue weighted by Gasteiger charge is -2.46. The number of halogens is 2. The van der Waals surface area contributed by atoms with Gasteiger partial charge in [0.05, 0.1) is 36.2 Å². The van der Waals surface area contributed by atoms with E-state index in [1.807, 2.05) is 87.2 Å². The van der Waals surface area contributed by atoms with E-state index in [0.29, 0.717) is 54.9 Å². The Morgan fingerprint density at radius 1 is 0.885 bits per heavy atom. The van der Waals surface area contributed by atoms with Crippen LogP contribution in [-0.2, 0) is 17.8 Å². The monoisotopic (exact) mass is 848 g/mol. The first kappa shape index (κ1) is 43.1. The number of methoxy groups -OCH3 is 2. The molecular weight excluding hydrogens is 795 g/mol. The third kappa shape index (κ3) is 9.36. The fourth-order valence-electron chi connectivity index (χ4n) is 7.80. The van der Waals surface area contributed by atoms with Crippen molar-refractivity contribution in [2.24, 2.45) is 4.99 Å². The number of nitrogens with zero attached hydrogens (tertiary/aromatic N) is 8. The van der Waals surface area contributed by atoms with E-state index in [9.17, 15) is 4.79 Å². The van der Waals surface area contributed by atoms with Gasteiger partial charge in [0.15, 0.2) is 5.82 Å². The number of amidine groups is 1. The van der Waals surface area contributed by atoms with Crippen molar-refractivity contribution in [3.63, 3.8) is 0 Å². The van der Waals surface area contributed by atoms with E-state index in [1.165, 1.54) is 6.07 Å². The molecule has 0 bridgehead atoms. The molecule has 320 valence electrons. The van der Waals surface area contributed by atoms with Crippen molar-refractivity contribution in [1.82, 2.24) is 24.8 Å². The van der Waals surface area contributed by atoms with Gasteiger partial charge in [-0.25, -0.2) is 29.1 Å². The van der Waals surface area contributed by atoms with Gasteiger partial charge in [0.1, 0.15) is 53.3 Å². The first-order valence-corrected chi connectivity index (χ1v) is 20.9. The highest BCUT2D eigenvalue weighted by atomic mass is 35.5. The van der Waals surface area contributed by atoms with Crippen LogP contribution in [0.25, 0.3) is 11.3 Å². The predicted octanol–water partition coefficient (Wildman–Crippen LogP) is 9.86. The Hall–Kier alpha value is -5.95. The van der Waals surface area contributed by atoms with Crippen LogP contribution in [0.3, 0.4) is 0 Å². The molecule has 0 saturated carbocycles. The van der Waals surface area contributed by atoms with Crippen molar-refractivity contribution in [3.05, 3.63) is 118 Å². The lowest BCUT2D eigenvalue weighted by atomic mass is 10.0. The molecule has 0 aliphatic carbocycles. The summed E-state index contributed by atoms with van der Waals surface area (Å²) >= 11 is 7.10. The molecule has 5 aromatic rings. The average Bonchev–Trinajstić information content (AvgIpc) is 3.23.